The monoisotopic (exact) mass is 348 g/mol. The Morgan fingerprint density at radius 1 is 0.625 bits per heavy atom. The molecule has 0 aliphatic rings. The molecule has 0 unspecified atom stereocenters. The zero-order chi connectivity index (χ0) is 17.0. The van der Waals surface area contributed by atoms with Crippen molar-refractivity contribution in [2.24, 2.45) is 0 Å². The van der Waals surface area contributed by atoms with Crippen molar-refractivity contribution in [3.05, 3.63) is 90.5 Å². The summed E-state index contributed by atoms with van der Waals surface area (Å²) in [6, 6.07) is 32.3. The molecule has 0 atom stereocenters. The summed E-state index contributed by atoms with van der Waals surface area (Å²) in [6.45, 7) is 7.37. The topological polar surface area (TPSA) is 0 Å². The van der Waals surface area contributed by atoms with E-state index >= 15 is 0 Å². The maximum atomic E-state index is 2.46. The van der Waals surface area contributed by atoms with Gasteiger partial charge >= 0.3 is 0 Å². The molecule has 0 aromatic heterocycles. The summed E-state index contributed by atoms with van der Waals surface area (Å²) in [4.78, 5) is 0. The fraction of sp³-hybridized carbons (Fsp3) is 0.182. The fourth-order valence-corrected chi connectivity index (χ4v) is 7.10. The minimum atomic E-state index is -1.17. The van der Waals surface area contributed by atoms with Crippen LogP contribution in [0, 0.1) is 0 Å². The average Bonchev–Trinajstić information content (AvgIpc) is 2.57. The Labute approximate surface area is 148 Å². The second-order valence-electron chi connectivity index (χ2n) is 7.37. The van der Waals surface area contributed by atoms with Gasteiger partial charge in [0, 0.05) is 8.07 Å². The minimum Gasteiger partial charge on any atom is -0.0693 e. The molecular formula is C22H25PSi. The molecule has 3 aromatic carbocycles. The van der Waals surface area contributed by atoms with Gasteiger partial charge in [0.05, 0.1) is 0 Å². The van der Waals surface area contributed by atoms with E-state index in [0.717, 1.165) is 0 Å². The Bertz CT molecular complexity index is 736. The first kappa shape index (κ1) is 17.1. The van der Waals surface area contributed by atoms with Crippen LogP contribution in [0.2, 0.25) is 19.6 Å². The Hall–Kier alpha value is -1.69. The van der Waals surface area contributed by atoms with Gasteiger partial charge in [-0.05, 0) is 35.4 Å². The van der Waals surface area contributed by atoms with E-state index in [0.29, 0.717) is 0 Å². The first-order chi connectivity index (χ1) is 11.5. The van der Waals surface area contributed by atoms with Crippen molar-refractivity contribution in [3.8, 4) is 0 Å². The van der Waals surface area contributed by atoms with Crippen LogP contribution in [0.15, 0.2) is 84.9 Å². The first-order valence-electron chi connectivity index (χ1n) is 8.53. The van der Waals surface area contributed by atoms with Crippen LogP contribution in [0.25, 0.3) is 0 Å². The lowest BCUT2D eigenvalue weighted by atomic mass is 10.2. The molecule has 0 radical (unpaired) electrons. The first-order valence-corrected chi connectivity index (χ1v) is 13.6. The van der Waals surface area contributed by atoms with E-state index in [1.54, 1.807) is 0 Å². The molecular weight excluding hydrogens is 323 g/mol. The molecule has 0 spiro atoms. The van der Waals surface area contributed by atoms with Crippen molar-refractivity contribution in [1.29, 1.82) is 0 Å². The molecule has 2 heteroatoms. The molecule has 0 nitrogen and oxygen atoms in total. The van der Waals surface area contributed by atoms with Gasteiger partial charge in [-0.3, -0.25) is 0 Å². The number of hydrogen-bond acceptors (Lipinski definition) is 0. The van der Waals surface area contributed by atoms with Crippen molar-refractivity contribution in [2.45, 2.75) is 25.7 Å². The summed E-state index contributed by atoms with van der Waals surface area (Å²) in [5.41, 5.74) is 1.54. The second-order valence-corrected chi connectivity index (χ2v) is 15.0. The van der Waals surface area contributed by atoms with Crippen molar-refractivity contribution in [2.75, 3.05) is 0 Å². The van der Waals surface area contributed by atoms with E-state index in [2.05, 4.69) is 105 Å². The van der Waals surface area contributed by atoms with Gasteiger partial charge < -0.3 is 0 Å². The van der Waals surface area contributed by atoms with Crippen LogP contribution in [0.5, 0.6) is 0 Å². The van der Waals surface area contributed by atoms with Crippen molar-refractivity contribution >= 4 is 31.9 Å². The molecule has 0 fully saturated rings. The molecule has 0 saturated heterocycles. The third kappa shape index (κ3) is 4.23. The highest BCUT2D eigenvalue weighted by molar-refractivity contribution is 7.79. The Morgan fingerprint density at radius 2 is 1.08 bits per heavy atom. The van der Waals surface area contributed by atoms with Crippen molar-refractivity contribution in [1.82, 2.24) is 0 Å². The summed E-state index contributed by atoms with van der Waals surface area (Å²) in [5.74, 6) is 0. The SMILES string of the molecule is C[Si](C)(C)Cc1ccccc1P(c1ccccc1)c1ccccc1. The van der Waals surface area contributed by atoms with E-state index in [9.17, 15) is 0 Å². The molecule has 0 aliphatic heterocycles. The Morgan fingerprint density at radius 3 is 1.58 bits per heavy atom. The van der Waals surface area contributed by atoms with Crippen LogP contribution in [-0.4, -0.2) is 8.07 Å². The van der Waals surface area contributed by atoms with Gasteiger partial charge in [0.2, 0.25) is 0 Å². The van der Waals surface area contributed by atoms with Gasteiger partial charge in [-0.15, -0.1) is 0 Å². The van der Waals surface area contributed by atoms with Crippen LogP contribution in [0.1, 0.15) is 5.56 Å². The molecule has 0 bridgehead atoms. The summed E-state index contributed by atoms with van der Waals surface area (Å²) in [7, 11) is -1.66. The lowest BCUT2D eigenvalue weighted by Crippen LogP contribution is -2.30. The van der Waals surface area contributed by atoms with E-state index in [-0.39, 0.29) is 0 Å². The normalized spacial score (nSPS) is 11.7. The molecule has 0 aliphatic carbocycles. The number of hydrogen-bond donors (Lipinski definition) is 0. The Balaban J connectivity index is 2.14. The van der Waals surface area contributed by atoms with Gasteiger partial charge in [-0.2, -0.15) is 0 Å². The molecule has 3 rings (SSSR count). The van der Waals surface area contributed by atoms with Gasteiger partial charge in [0.1, 0.15) is 0 Å². The smallest absolute Gasteiger partial charge is 0.0487 e. The zero-order valence-corrected chi connectivity index (χ0v) is 16.6. The van der Waals surface area contributed by atoms with Crippen molar-refractivity contribution in [3.63, 3.8) is 0 Å². The van der Waals surface area contributed by atoms with Crippen LogP contribution in [0.4, 0.5) is 0 Å². The molecule has 0 amide bonds. The third-order valence-electron chi connectivity index (χ3n) is 3.98. The third-order valence-corrected chi connectivity index (χ3v) is 7.97. The predicted molar refractivity (Wildman–Crippen MR) is 112 cm³/mol. The quantitative estimate of drug-likeness (QED) is 0.456. The molecule has 24 heavy (non-hydrogen) atoms. The highest BCUT2D eigenvalue weighted by Gasteiger charge is 2.22. The second kappa shape index (κ2) is 7.47. The molecule has 122 valence electrons. The standard InChI is InChI=1S/C22H25PSi/c1-24(2,3)18-19-12-10-11-17-22(19)23(20-13-6-4-7-14-20)21-15-8-5-9-16-21/h4-17H,18H2,1-3H3. The summed E-state index contributed by atoms with van der Waals surface area (Å²) >= 11 is 0. The van der Waals surface area contributed by atoms with Gasteiger partial charge in [-0.25, -0.2) is 0 Å². The van der Waals surface area contributed by atoms with Crippen LogP contribution < -0.4 is 15.9 Å². The maximum Gasteiger partial charge on any atom is 0.0487 e. The summed E-state index contributed by atoms with van der Waals surface area (Å²) < 4.78 is 0. The molecule has 0 heterocycles. The predicted octanol–water partition coefficient (Wildman–Crippen LogP) is 4.86. The van der Waals surface area contributed by atoms with E-state index in [1.807, 2.05) is 0 Å². The van der Waals surface area contributed by atoms with Gasteiger partial charge in [0.25, 0.3) is 0 Å². The fourth-order valence-electron chi connectivity index (χ4n) is 3.03. The van der Waals surface area contributed by atoms with Gasteiger partial charge in [0.15, 0.2) is 0 Å². The highest BCUT2D eigenvalue weighted by Crippen LogP contribution is 2.34. The van der Waals surface area contributed by atoms with E-state index in [1.165, 1.54) is 27.5 Å². The average molecular weight is 349 g/mol. The lowest BCUT2D eigenvalue weighted by Gasteiger charge is -2.25. The van der Waals surface area contributed by atoms with E-state index < -0.39 is 16.0 Å². The largest absolute Gasteiger partial charge is 0.0693 e. The van der Waals surface area contributed by atoms with Gasteiger partial charge in [-0.1, -0.05) is 105 Å². The van der Waals surface area contributed by atoms with Crippen LogP contribution in [0.3, 0.4) is 0 Å². The van der Waals surface area contributed by atoms with Crippen LogP contribution >= 0.6 is 7.92 Å². The number of rotatable bonds is 5. The zero-order valence-electron chi connectivity index (χ0n) is 14.7. The minimum absolute atomic E-state index is 0.498. The van der Waals surface area contributed by atoms with E-state index in [4.69, 9.17) is 0 Å². The maximum absolute atomic E-state index is 2.46. The van der Waals surface area contributed by atoms with Crippen LogP contribution in [-0.2, 0) is 6.04 Å². The summed E-state index contributed by atoms with van der Waals surface area (Å²) in [6.07, 6.45) is 0. The molecule has 0 N–H and O–H groups in total. The Kier molecular flexibility index (Phi) is 5.33. The molecule has 3 aromatic rings. The number of benzene rings is 3. The summed E-state index contributed by atoms with van der Waals surface area (Å²) in [5, 5.41) is 4.38. The molecule has 0 saturated carbocycles. The van der Waals surface area contributed by atoms with Crippen molar-refractivity contribution < 1.29 is 0 Å². The lowest BCUT2D eigenvalue weighted by molar-refractivity contribution is 1.33. The highest BCUT2D eigenvalue weighted by atomic mass is 31.1.